The molecule has 6 heteroatoms. The van der Waals surface area contributed by atoms with Crippen LogP contribution in [0.5, 0.6) is 0 Å². The average molecular weight is 359 g/mol. The molecule has 1 unspecified atom stereocenters. The Bertz CT molecular complexity index is 705. The Morgan fingerprint density at radius 1 is 1.28 bits per heavy atom. The van der Waals surface area contributed by atoms with Crippen molar-refractivity contribution in [2.24, 2.45) is 0 Å². The molecule has 1 amide bonds. The Hall–Kier alpha value is -1.66. The number of anilines is 1. The van der Waals surface area contributed by atoms with Crippen molar-refractivity contribution in [3.05, 3.63) is 33.8 Å². The predicted molar refractivity (Wildman–Crippen MR) is 99.3 cm³/mol. The molecular weight excluding hydrogens is 334 g/mol. The minimum Gasteiger partial charge on any atom is -0.376 e. The molecule has 2 aliphatic rings. The molecule has 1 fully saturated rings. The number of amides is 1. The van der Waals surface area contributed by atoms with E-state index in [-0.39, 0.29) is 12.0 Å². The van der Waals surface area contributed by atoms with Crippen molar-refractivity contribution in [2.75, 3.05) is 11.9 Å². The first-order valence-corrected chi connectivity index (χ1v) is 10.2. The highest BCUT2D eigenvalue weighted by atomic mass is 32.1. The molecule has 2 aromatic heterocycles. The predicted octanol–water partition coefficient (Wildman–Crippen LogP) is 4.03. The third kappa shape index (κ3) is 4.12. The van der Waals surface area contributed by atoms with Crippen molar-refractivity contribution in [3.63, 3.8) is 0 Å². The molecule has 0 saturated carbocycles. The van der Waals surface area contributed by atoms with Crippen LogP contribution in [0.3, 0.4) is 0 Å². The van der Waals surface area contributed by atoms with E-state index in [9.17, 15) is 4.79 Å². The maximum absolute atomic E-state index is 12.6. The number of fused-ring (bicyclic) bond motifs is 1. The Morgan fingerprint density at radius 3 is 3.00 bits per heavy atom. The first kappa shape index (κ1) is 16.8. The van der Waals surface area contributed by atoms with Crippen LogP contribution in [0.1, 0.15) is 58.6 Å². The zero-order chi connectivity index (χ0) is 17.1. The zero-order valence-corrected chi connectivity index (χ0v) is 15.3. The number of ether oxygens (including phenoxy) is 1. The largest absolute Gasteiger partial charge is 0.376 e. The van der Waals surface area contributed by atoms with E-state index < -0.39 is 0 Å². The lowest BCUT2D eigenvalue weighted by Crippen LogP contribution is -2.15. The maximum atomic E-state index is 12.6. The lowest BCUT2D eigenvalue weighted by Gasteiger charge is -2.08. The number of aromatic nitrogens is 2. The summed E-state index contributed by atoms with van der Waals surface area (Å²) in [6.07, 6.45) is 13.4. The first-order chi connectivity index (χ1) is 12.3. The molecule has 0 spiro atoms. The Balaban J connectivity index is 1.40. The number of carbonyl (C=O) groups is 1. The van der Waals surface area contributed by atoms with Crippen LogP contribution in [0.2, 0.25) is 0 Å². The van der Waals surface area contributed by atoms with Crippen molar-refractivity contribution in [2.45, 2.75) is 64.0 Å². The summed E-state index contributed by atoms with van der Waals surface area (Å²) in [5.74, 6) is -0.0200. The number of hydrogen-bond donors (Lipinski definition) is 1. The van der Waals surface area contributed by atoms with Crippen molar-refractivity contribution < 1.29 is 9.53 Å². The highest BCUT2D eigenvalue weighted by Crippen LogP contribution is 2.29. The van der Waals surface area contributed by atoms with Gasteiger partial charge in [-0.2, -0.15) is 5.10 Å². The molecule has 25 heavy (non-hydrogen) atoms. The second-order valence-electron chi connectivity index (χ2n) is 7.01. The lowest BCUT2D eigenvalue weighted by molar-refractivity contribution is 0.0940. The molecule has 0 aromatic carbocycles. The van der Waals surface area contributed by atoms with Gasteiger partial charge in [-0.1, -0.05) is 12.8 Å². The molecule has 1 saturated heterocycles. The average Bonchev–Trinajstić information content (AvgIpc) is 3.30. The van der Waals surface area contributed by atoms with Crippen molar-refractivity contribution >= 4 is 22.9 Å². The van der Waals surface area contributed by atoms with Crippen LogP contribution in [-0.2, 0) is 24.1 Å². The van der Waals surface area contributed by atoms with Crippen molar-refractivity contribution in [1.29, 1.82) is 0 Å². The molecule has 1 aliphatic heterocycles. The van der Waals surface area contributed by atoms with Crippen LogP contribution in [0.4, 0.5) is 5.69 Å². The summed E-state index contributed by atoms with van der Waals surface area (Å²) in [4.78, 5) is 14.8. The van der Waals surface area contributed by atoms with Gasteiger partial charge in [0, 0.05) is 17.7 Å². The summed E-state index contributed by atoms with van der Waals surface area (Å²) < 4.78 is 7.50. The zero-order valence-electron chi connectivity index (χ0n) is 14.5. The lowest BCUT2D eigenvalue weighted by atomic mass is 10.00. The van der Waals surface area contributed by atoms with Gasteiger partial charge in [0.25, 0.3) is 5.91 Å². The van der Waals surface area contributed by atoms with E-state index in [1.54, 1.807) is 17.5 Å². The Kier molecular flexibility index (Phi) is 5.17. The van der Waals surface area contributed by atoms with Crippen LogP contribution in [0.25, 0.3) is 0 Å². The van der Waals surface area contributed by atoms with Crippen LogP contribution in [0, 0.1) is 0 Å². The van der Waals surface area contributed by atoms with Crippen LogP contribution in [0.15, 0.2) is 18.5 Å². The molecule has 1 aliphatic carbocycles. The number of thiophene rings is 1. The van der Waals surface area contributed by atoms with Crippen molar-refractivity contribution in [1.82, 2.24) is 9.78 Å². The standard InChI is InChI=1S/C19H25N3O2S/c23-19(18-10-14-6-3-1-2-4-8-17(14)25-18)21-15-11-20-22(12-15)13-16-7-5-9-24-16/h10-12,16H,1-9,13H2,(H,21,23). The fraction of sp³-hybridized carbons (Fsp3) is 0.579. The number of aryl methyl sites for hydroxylation is 2. The summed E-state index contributed by atoms with van der Waals surface area (Å²) in [5.41, 5.74) is 2.13. The van der Waals surface area contributed by atoms with Crippen LogP contribution >= 0.6 is 11.3 Å². The van der Waals surface area contributed by atoms with Gasteiger partial charge in [0.1, 0.15) is 0 Å². The molecule has 5 nitrogen and oxygen atoms in total. The van der Waals surface area contributed by atoms with Gasteiger partial charge < -0.3 is 10.1 Å². The summed E-state index contributed by atoms with van der Waals surface area (Å²) in [7, 11) is 0. The van der Waals surface area contributed by atoms with E-state index in [0.717, 1.165) is 49.4 Å². The molecule has 134 valence electrons. The van der Waals surface area contributed by atoms with Gasteiger partial charge in [-0.15, -0.1) is 11.3 Å². The fourth-order valence-electron chi connectivity index (χ4n) is 3.67. The maximum Gasteiger partial charge on any atom is 0.265 e. The van der Waals surface area contributed by atoms with Crippen LogP contribution < -0.4 is 5.32 Å². The molecule has 1 atom stereocenters. The molecule has 4 rings (SSSR count). The quantitative estimate of drug-likeness (QED) is 0.896. The molecular formula is C19H25N3O2S. The number of carbonyl (C=O) groups excluding carboxylic acids is 1. The molecule has 1 N–H and O–H groups in total. The monoisotopic (exact) mass is 359 g/mol. The number of rotatable bonds is 4. The second kappa shape index (κ2) is 7.70. The van der Waals surface area contributed by atoms with E-state index >= 15 is 0 Å². The van der Waals surface area contributed by atoms with Gasteiger partial charge in [0.05, 0.1) is 29.4 Å². The van der Waals surface area contributed by atoms with E-state index in [1.165, 1.54) is 36.1 Å². The van der Waals surface area contributed by atoms with E-state index in [1.807, 2.05) is 10.9 Å². The highest BCUT2D eigenvalue weighted by molar-refractivity contribution is 7.14. The van der Waals surface area contributed by atoms with Crippen molar-refractivity contribution in [3.8, 4) is 0 Å². The summed E-state index contributed by atoms with van der Waals surface area (Å²) in [5, 5.41) is 7.33. The second-order valence-corrected chi connectivity index (χ2v) is 8.15. The van der Waals surface area contributed by atoms with E-state index in [0.29, 0.717) is 0 Å². The van der Waals surface area contributed by atoms with E-state index in [4.69, 9.17) is 4.74 Å². The summed E-state index contributed by atoms with van der Waals surface area (Å²) in [6.45, 7) is 1.60. The molecule has 0 radical (unpaired) electrons. The van der Waals surface area contributed by atoms with Gasteiger partial charge in [-0.3, -0.25) is 9.48 Å². The minimum absolute atomic E-state index is 0.0200. The smallest absolute Gasteiger partial charge is 0.265 e. The number of hydrogen-bond acceptors (Lipinski definition) is 4. The Morgan fingerprint density at radius 2 is 2.16 bits per heavy atom. The highest BCUT2D eigenvalue weighted by Gasteiger charge is 2.18. The minimum atomic E-state index is -0.0200. The molecule has 3 heterocycles. The van der Waals surface area contributed by atoms with E-state index in [2.05, 4.69) is 16.5 Å². The summed E-state index contributed by atoms with van der Waals surface area (Å²) in [6, 6.07) is 2.09. The number of nitrogens with one attached hydrogen (secondary N) is 1. The SMILES string of the molecule is O=C(Nc1cnn(CC2CCCO2)c1)c1cc2c(s1)CCCCCC2. The Labute approximate surface area is 152 Å². The van der Waals surface area contributed by atoms with Crippen LogP contribution in [-0.4, -0.2) is 28.4 Å². The third-order valence-corrected chi connectivity index (χ3v) is 6.26. The summed E-state index contributed by atoms with van der Waals surface area (Å²) >= 11 is 1.66. The molecule has 2 aromatic rings. The first-order valence-electron chi connectivity index (χ1n) is 9.35. The van der Waals surface area contributed by atoms with Gasteiger partial charge in [0.15, 0.2) is 0 Å². The van der Waals surface area contributed by atoms with Gasteiger partial charge in [-0.05, 0) is 50.2 Å². The van der Waals surface area contributed by atoms with Gasteiger partial charge in [0.2, 0.25) is 0 Å². The van der Waals surface area contributed by atoms with Gasteiger partial charge >= 0.3 is 0 Å². The third-order valence-electron chi connectivity index (χ3n) is 5.03. The number of nitrogens with zero attached hydrogens (tertiary/aromatic N) is 2. The normalized spacial score (nSPS) is 20.7. The topological polar surface area (TPSA) is 56.2 Å². The van der Waals surface area contributed by atoms with Gasteiger partial charge in [-0.25, -0.2) is 0 Å². The molecule has 0 bridgehead atoms. The fourth-order valence-corrected chi connectivity index (χ4v) is 4.82.